The summed E-state index contributed by atoms with van der Waals surface area (Å²) < 4.78 is 87.4. The Balaban J connectivity index is 2.44. The number of amides is 1. The van der Waals surface area contributed by atoms with E-state index >= 15 is 0 Å². The Morgan fingerprint density at radius 3 is 1.85 bits per heavy atom. The van der Waals surface area contributed by atoms with Gasteiger partial charge in [0, 0.05) is 11.6 Å². The number of carbonyl (C=O) groups excluding carboxylic acids is 1. The van der Waals surface area contributed by atoms with Crippen molar-refractivity contribution in [3.8, 4) is 11.5 Å². The van der Waals surface area contributed by atoms with Crippen molar-refractivity contribution < 1.29 is 40.6 Å². The van der Waals surface area contributed by atoms with Gasteiger partial charge in [-0.3, -0.25) is 4.79 Å². The molecule has 0 fully saturated rings. The van der Waals surface area contributed by atoms with Crippen LogP contribution in [0.5, 0.6) is 11.5 Å². The summed E-state index contributed by atoms with van der Waals surface area (Å²) in [5.74, 6) is -0.663. The van der Waals surface area contributed by atoms with E-state index in [4.69, 9.17) is 9.47 Å². The van der Waals surface area contributed by atoms with Gasteiger partial charge < -0.3 is 14.8 Å². The number of anilines is 1. The van der Waals surface area contributed by atoms with E-state index in [1.165, 1.54) is 32.4 Å². The molecular weight excluding hydrogens is 380 g/mol. The zero-order chi connectivity index (χ0) is 20.4. The van der Waals surface area contributed by atoms with Gasteiger partial charge in [-0.2, -0.15) is 26.3 Å². The number of halogens is 6. The zero-order valence-electron chi connectivity index (χ0n) is 14.0. The van der Waals surface area contributed by atoms with E-state index < -0.39 is 35.0 Å². The minimum atomic E-state index is -5.05. The SMILES string of the molecule is COc1ccc(NC(=O)c2cc(C(F)(F)F)cc(C(F)(F)F)c2)c(OC)c1. The molecule has 0 saturated heterocycles. The summed E-state index contributed by atoms with van der Waals surface area (Å²) in [6.45, 7) is 0. The van der Waals surface area contributed by atoms with Crippen LogP contribution in [0.4, 0.5) is 32.0 Å². The summed E-state index contributed by atoms with van der Waals surface area (Å²) >= 11 is 0. The number of methoxy groups -OCH3 is 2. The van der Waals surface area contributed by atoms with Crippen molar-refractivity contribution in [1.82, 2.24) is 0 Å². The van der Waals surface area contributed by atoms with Crippen LogP contribution in [0.2, 0.25) is 0 Å². The average molecular weight is 393 g/mol. The Morgan fingerprint density at radius 1 is 0.852 bits per heavy atom. The van der Waals surface area contributed by atoms with Gasteiger partial charge in [-0.25, -0.2) is 0 Å². The van der Waals surface area contributed by atoms with Gasteiger partial charge in [-0.05, 0) is 30.3 Å². The number of carbonyl (C=O) groups is 1. The van der Waals surface area contributed by atoms with Crippen molar-refractivity contribution in [3.05, 3.63) is 53.1 Å². The second-order valence-corrected chi connectivity index (χ2v) is 5.31. The van der Waals surface area contributed by atoms with Crippen molar-refractivity contribution in [3.63, 3.8) is 0 Å². The first-order chi connectivity index (χ1) is 12.5. The summed E-state index contributed by atoms with van der Waals surface area (Å²) in [5, 5.41) is 2.23. The molecule has 0 bridgehead atoms. The fourth-order valence-corrected chi connectivity index (χ4v) is 2.18. The Bertz CT molecular complexity index is 813. The third kappa shape index (κ3) is 4.83. The molecule has 2 aromatic carbocycles. The minimum Gasteiger partial charge on any atom is -0.497 e. The van der Waals surface area contributed by atoms with E-state index in [0.29, 0.717) is 17.9 Å². The number of hydrogen-bond acceptors (Lipinski definition) is 3. The van der Waals surface area contributed by atoms with Gasteiger partial charge in [-0.1, -0.05) is 0 Å². The molecule has 10 heteroatoms. The Morgan fingerprint density at radius 2 is 1.41 bits per heavy atom. The van der Waals surface area contributed by atoms with Crippen molar-refractivity contribution in [1.29, 1.82) is 0 Å². The molecular formula is C17H13F6NO3. The van der Waals surface area contributed by atoms with E-state index in [9.17, 15) is 31.1 Å². The summed E-state index contributed by atoms with van der Waals surface area (Å²) in [5.41, 5.74) is -3.90. The molecule has 2 rings (SSSR count). The van der Waals surface area contributed by atoms with Crippen LogP contribution in [-0.4, -0.2) is 20.1 Å². The van der Waals surface area contributed by atoms with Crippen LogP contribution in [0.1, 0.15) is 21.5 Å². The molecule has 1 amide bonds. The molecule has 0 spiro atoms. The molecule has 0 aliphatic rings. The molecule has 0 aliphatic carbocycles. The second-order valence-electron chi connectivity index (χ2n) is 5.31. The lowest BCUT2D eigenvalue weighted by Crippen LogP contribution is -2.17. The molecule has 0 atom stereocenters. The third-order valence-electron chi connectivity index (χ3n) is 3.51. The van der Waals surface area contributed by atoms with E-state index in [1.807, 2.05) is 0 Å². The fraction of sp³-hybridized carbons (Fsp3) is 0.235. The summed E-state index contributed by atoms with van der Waals surface area (Å²) in [7, 11) is 2.66. The maximum Gasteiger partial charge on any atom is 0.416 e. The molecule has 0 radical (unpaired) electrons. The lowest BCUT2D eigenvalue weighted by atomic mass is 10.0. The number of nitrogens with one attached hydrogen (secondary N) is 1. The lowest BCUT2D eigenvalue weighted by molar-refractivity contribution is -0.143. The number of alkyl halides is 6. The molecule has 146 valence electrons. The highest BCUT2D eigenvalue weighted by Gasteiger charge is 2.37. The molecule has 4 nitrogen and oxygen atoms in total. The van der Waals surface area contributed by atoms with Gasteiger partial charge in [0.15, 0.2) is 0 Å². The molecule has 1 N–H and O–H groups in total. The van der Waals surface area contributed by atoms with Gasteiger partial charge in [0.1, 0.15) is 11.5 Å². The largest absolute Gasteiger partial charge is 0.497 e. The van der Waals surface area contributed by atoms with Crippen LogP contribution in [0.3, 0.4) is 0 Å². The molecule has 0 aromatic heterocycles. The van der Waals surface area contributed by atoms with Crippen molar-refractivity contribution in [2.75, 3.05) is 19.5 Å². The molecule has 2 aromatic rings. The van der Waals surface area contributed by atoms with Gasteiger partial charge in [-0.15, -0.1) is 0 Å². The highest BCUT2D eigenvalue weighted by atomic mass is 19.4. The van der Waals surface area contributed by atoms with Crippen LogP contribution in [0.15, 0.2) is 36.4 Å². The highest BCUT2D eigenvalue weighted by Crippen LogP contribution is 2.37. The predicted molar refractivity (Wildman–Crippen MR) is 83.9 cm³/mol. The monoisotopic (exact) mass is 393 g/mol. The smallest absolute Gasteiger partial charge is 0.416 e. The summed E-state index contributed by atoms with van der Waals surface area (Å²) in [6, 6.07) is 4.81. The Labute approximate surface area is 149 Å². The first-order valence-electron chi connectivity index (χ1n) is 7.28. The first-order valence-corrected chi connectivity index (χ1v) is 7.28. The van der Waals surface area contributed by atoms with Crippen LogP contribution in [-0.2, 0) is 12.4 Å². The van der Waals surface area contributed by atoms with Gasteiger partial charge >= 0.3 is 12.4 Å². The number of rotatable bonds is 4. The highest BCUT2D eigenvalue weighted by molar-refractivity contribution is 6.05. The van der Waals surface area contributed by atoms with Gasteiger partial charge in [0.25, 0.3) is 5.91 Å². The van der Waals surface area contributed by atoms with Crippen LogP contribution < -0.4 is 14.8 Å². The zero-order valence-corrected chi connectivity index (χ0v) is 14.0. The van der Waals surface area contributed by atoms with E-state index in [2.05, 4.69) is 5.32 Å². The summed E-state index contributed by atoms with van der Waals surface area (Å²) in [4.78, 5) is 12.3. The van der Waals surface area contributed by atoms with E-state index in [0.717, 1.165) is 0 Å². The average Bonchev–Trinajstić information content (AvgIpc) is 2.60. The summed E-state index contributed by atoms with van der Waals surface area (Å²) in [6.07, 6.45) is -10.1. The maximum absolute atomic E-state index is 12.9. The second kappa shape index (κ2) is 7.37. The standard InChI is InChI=1S/C17H13F6NO3/c1-26-12-3-4-13(14(8-12)27-2)24-15(25)9-5-10(16(18,19)20)7-11(6-9)17(21,22)23/h3-8H,1-2H3,(H,24,25). The number of ether oxygens (including phenoxy) is 2. The topological polar surface area (TPSA) is 47.6 Å². The van der Waals surface area contributed by atoms with Crippen molar-refractivity contribution in [2.45, 2.75) is 12.4 Å². The van der Waals surface area contributed by atoms with Crippen LogP contribution in [0, 0.1) is 0 Å². The quantitative estimate of drug-likeness (QED) is 0.745. The molecule has 27 heavy (non-hydrogen) atoms. The predicted octanol–water partition coefficient (Wildman–Crippen LogP) is 4.99. The third-order valence-corrected chi connectivity index (χ3v) is 3.51. The molecule has 0 aliphatic heterocycles. The maximum atomic E-state index is 12.9. The van der Waals surface area contributed by atoms with Gasteiger partial charge in [0.05, 0.1) is 31.0 Å². The first kappa shape index (κ1) is 20.4. The van der Waals surface area contributed by atoms with E-state index in [1.54, 1.807) is 0 Å². The number of benzene rings is 2. The normalized spacial score (nSPS) is 11.9. The minimum absolute atomic E-state index is 0.0503. The molecule has 0 unspecified atom stereocenters. The van der Waals surface area contributed by atoms with Crippen molar-refractivity contribution >= 4 is 11.6 Å². The van der Waals surface area contributed by atoms with Crippen LogP contribution in [0.25, 0.3) is 0 Å². The molecule has 0 saturated carbocycles. The Kier molecular flexibility index (Phi) is 5.57. The lowest BCUT2D eigenvalue weighted by Gasteiger charge is -2.15. The van der Waals surface area contributed by atoms with Crippen molar-refractivity contribution in [2.24, 2.45) is 0 Å². The van der Waals surface area contributed by atoms with Crippen LogP contribution >= 0.6 is 0 Å². The molecule has 0 heterocycles. The van der Waals surface area contributed by atoms with E-state index in [-0.39, 0.29) is 17.5 Å². The number of hydrogen-bond donors (Lipinski definition) is 1. The fourth-order valence-electron chi connectivity index (χ4n) is 2.18. The Hall–Kier alpha value is -2.91. The van der Waals surface area contributed by atoms with Gasteiger partial charge in [0.2, 0.25) is 0 Å².